The summed E-state index contributed by atoms with van der Waals surface area (Å²) in [7, 11) is 3.95. The van der Waals surface area contributed by atoms with Crippen LogP contribution >= 0.6 is 0 Å². The molecule has 0 heterocycles. The topological polar surface area (TPSA) is 24.5 Å². The second kappa shape index (κ2) is 8.08. The number of nitrogens with zero attached hydrogens (tertiary/aromatic N) is 1. The lowest BCUT2D eigenvalue weighted by Crippen LogP contribution is -2.46. The maximum absolute atomic E-state index is 5.21. The van der Waals surface area contributed by atoms with Crippen molar-refractivity contribution in [3.63, 3.8) is 0 Å². The zero-order valence-electron chi connectivity index (χ0n) is 11.2. The van der Waals surface area contributed by atoms with E-state index >= 15 is 0 Å². The minimum atomic E-state index is 0.436. The van der Waals surface area contributed by atoms with Crippen molar-refractivity contribution >= 4 is 0 Å². The first kappa shape index (κ1) is 14.9. The average Bonchev–Trinajstić information content (AvgIpc) is 2.17. The van der Waals surface area contributed by atoms with Gasteiger partial charge in [-0.15, -0.1) is 0 Å². The predicted molar refractivity (Wildman–Crippen MR) is 66.3 cm³/mol. The molecule has 2 atom stereocenters. The van der Waals surface area contributed by atoms with E-state index in [2.05, 4.69) is 45.0 Å². The van der Waals surface area contributed by atoms with Crippen molar-refractivity contribution in [3.8, 4) is 0 Å². The summed E-state index contributed by atoms with van der Waals surface area (Å²) >= 11 is 0. The van der Waals surface area contributed by atoms with Crippen molar-refractivity contribution in [2.24, 2.45) is 5.92 Å². The molecular formula is C12H28N2O. The maximum Gasteiger partial charge on any atom is 0.0628 e. The van der Waals surface area contributed by atoms with Gasteiger partial charge in [0.05, 0.1) is 6.61 Å². The van der Waals surface area contributed by atoms with Gasteiger partial charge in [0.2, 0.25) is 0 Å². The molecule has 0 aromatic carbocycles. The van der Waals surface area contributed by atoms with E-state index in [-0.39, 0.29) is 0 Å². The normalized spacial score (nSPS) is 16.0. The highest BCUT2D eigenvalue weighted by molar-refractivity contribution is 4.74. The molecule has 0 aromatic rings. The van der Waals surface area contributed by atoms with E-state index in [1.807, 2.05) is 0 Å². The monoisotopic (exact) mass is 216 g/mol. The van der Waals surface area contributed by atoms with E-state index in [1.54, 1.807) is 7.11 Å². The third-order valence-corrected chi connectivity index (χ3v) is 3.03. The number of rotatable bonds is 8. The van der Waals surface area contributed by atoms with Crippen molar-refractivity contribution in [2.75, 3.05) is 33.9 Å². The van der Waals surface area contributed by atoms with E-state index in [1.165, 1.54) is 0 Å². The van der Waals surface area contributed by atoms with E-state index in [0.717, 1.165) is 19.7 Å². The minimum absolute atomic E-state index is 0.436. The SMILES string of the molecule is CCNC(COC)CN(C)C(C)C(C)C. The van der Waals surface area contributed by atoms with Gasteiger partial charge in [-0.1, -0.05) is 20.8 Å². The average molecular weight is 216 g/mol. The molecule has 0 aliphatic carbocycles. The molecule has 0 aliphatic heterocycles. The fourth-order valence-electron chi connectivity index (χ4n) is 1.69. The van der Waals surface area contributed by atoms with Gasteiger partial charge in [0.15, 0.2) is 0 Å². The molecule has 0 bridgehead atoms. The Morgan fingerprint density at radius 1 is 1.27 bits per heavy atom. The summed E-state index contributed by atoms with van der Waals surface area (Å²) in [4.78, 5) is 2.40. The highest BCUT2D eigenvalue weighted by Crippen LogP contribution is 2.08. The third-order valence-electron chi connectivity index (χ3n) is 3.03. The summed E-state index contributed by atoms with van der Waals surface area (Å²) in [5.74, 6) is 0.694. The Balaban J connectivity index is 4.02. The van der Waals surface area contributed by atoms with E-state index in [4.69, 9.17) is 4.74 Å². The second-order valence-electron chi connectivity index (χ2n) is 4.63. The van der Waals surface area contributed by atoms with Gasteiger partial charge in [-0.2, -0.15) is 0 Å². The van der Waals surface area contributed by atoms with Crippen molar-refractivity contribution in [3.05, 3.63) is 0 Å². The number of likely N-dealkylation sites (N-methyl/N-ethyl adjacent to an activating group) is 2. The first-order valence-corrected chi connectivity index (χ1v) is 5.95. The van der Waals surface area contributed by atoms with Crippen molar-refractivity contribution < 1.29 is 4.74 Å². The number of hydrogen-bond donors (Lipinski definition) is 1. The first-order valence-electron chi connectivity index (χ1n) is 5.95. The van der Waals surface area contributed by atoms with Crippen LogP contribution in [0.5, 0.6) is 0 Å². The largest absolute Gasteiger partial charge is 0.383 e. The van der Waals surface area contributed by atoms with E-state index < -0.39 is 0 Å². The Bertz CT molecular complexity index is 145. The van der Waals surface area contributed by atoms with Crippen LogP contribution in [0.15, 0.2) is 0 Å². The molecule has 3 heteroatoms. The Kier molecular flexibility index (Phi) is 8.02. The van der Waals surface area contributed by atoms with Crippen LogP contribution in [0.1, 0.15) is 27.7 Å². The molecule has 1 N–H and O–H groups in total. The predicted octanol–water partition coefficient (Wildman–Crippen LogP) is 1.59. The quantitative estimate of drug-likeness (QED) is 0.667. The van der Waals surface area contributed by atoms with Crippen LogP contribution in [-0.4, -0.2) is 50.8 Å². The lowest BCUT2D eigenvalue weighted by molar-refractivity contribution is 0.125. The molecule has 92 valence electrons. The Morgan fingerprint density at radius 3 is 2.27 bits per heavy atom. The molecule has 0 saturated heterocycles. The highest BCUT2D eigenvalue weighted by atomic mass is 16.5. The van der Waals surface area contributed by atoms with Crippen LogP contribution in [0.25, 0.3) is 0 Å². The number of methoxy groups -OCH3 is 1. The highest BCUT2D eigenvalue weighted by Gasteiger charge is 2.17. The zero-order chi connectivity index (χ0) is 11.8. The fraction of sp³-hybridized carbons (Fsp3) is 1.00. The number of hydrogen-bond acceptors (Lipinski definition) is 3. The van der Waals surface area contributed by atoms with Crippen molar-refractivity contribution in [1.82, 2.24) is 10.2 Å². The van der Waals surface area contributed by atoms with Crippen LogP contribution in [0.4, 0.5) is 0 Å². The zero-order valence-corrected chi connectivity index (χ0v) is 11.2. The first-order chi connectivity index (χ1) is 7.02. The number of nitrogens with one attached hydrogen (secondary N) is 1. The molecule has 0 aliphatic rings. The van der Waals surface area contributed by atoms with Gasteiger partial charge in [-0.25, -0.2) is 0 Å². The Labute approximate surface area is 95.2 Å². The van der Waals surface area contributed by atoms with Crippen molar-refractivity contribution in [2.45, 2.75) is 39.8 Å². The Hall–Kier alpha value is -0.120. The van der Waals surface area contributed by atoms with Gasteiger partial charge in [-0.05, 0) is 26.4 Å². The van der Waals surface area contributed by atoms with Gasteiger partial charge in [0.1, 0.15) is 0 Å². The molecule has 0 rings (SSSR count). The fourth-order valence-corrected chi connectivity index (χ4v) is 1.69. The van der Waals surface area contributed by atoms with Crippen LogP contribution in [0.2, 0.25) is 0 Å². The molecule has 0 radical (unpaired) electrons. The van der Waals surface area contributed by atoms with E-state index in [0.29, 0.717) is 18.0 Å². The lowest BCUT2D eigenvalue weighted by Gasteiger charge is -2.31. The third kappa shape index (κ3) is 6.13. The van der Waals surface area contributed by atoms with Gasteiger partial charge in [0.25, 0.3) is 0 Å². The van der Waals surface area contributed by atoms with Crippen LogP contribution in [0, 0.1) is 5.92 Å². The van der Waals surface area contributed by atoms with Crippen molar-refractivity contribution in [1.29, 1.82) is 0 Å². The van der Waals surface area contributed by atoms with E-state index in [9.17, 15) is 0 Å². The van der Waals surface area contributed by atoms with Crippen LogP contribution < -0.4 is 5.32 Å². The van der Waals surface area contributed by atoms with Gasteiger partial charge < -0.3 is 15.0 Å². The number of ether oxygens (including phenoxy) is 1. The molecule has 3 nitrogen and oxygen atoms in total. The standard InChI is InChI=1S/C12H28N2O/c1-7-13-12(9-15-6)8-14(5)11(4)10(2)3/h10-13H,7-9H2,1-6H3. The molecule has 0 aromatic heterocycles. The summed E-state index contributed by atoms with van der Waals surface area (Å²) in [6.07, 6.45) is 0. The summed E-state index contributed by atoms with van der Waals surface area (Å²) in [6.45, 7) is 11.8. The summed E-state index contributed by atoms with van der Waals surface area (Å²) in [6, 6.07) is 1.05. The molecule has 0 amide bonds. The lowest BCUT2D eigenvalue weighted by atomic mass is 10.0. The molecule has 2 unspecified atom stereocenters. The molecular weight excluding hydrogens is 188 g/mol. The molecule has 0 spiro atoms. The van der Waals surface area contributed by atoms with Crippen LogP contribution in [0.3, 0.4) is 0 Å². The molecule has 0 fully saturated rings. The Morgan fingerprint density at radius 2 is 1.87 bits per heavy atom. The maximum atomic E-state index is 5.21. The minimum Gasteiger partial charge on any atom is -0.383 e. The summed E-state index contributed by atoms with van der Waals surface area (Å²) in [5.41, 5.74) is 0. The smallest absolute Gasteiger partial charge is 0.0628 e. The molecule has 0 saturated carbocycles. The van der Waals surface area contributed by atoms with Gasteiger partial charge >= 0.3 is 0 Å². The molecule has 15 heavy (non-hydrogen) atoms. The second-order valence-corrected chi connectivity index (χ2v) is 4.63. The van der Waals surface area contributed by atoms with Gasteiger partial charge in [0, 0.05) is 25.7 Å². The van der Waals surface area contributed by atoms with Crippen LogP contribution in [-0.2, 0) is 4.74 Å². The summed E-state index contributed by atoms with van der Waals surface area (Å²) in [5, 5.41) is 3.44. The summed E-state index contributed by atoms with van der Waals surface area (Å²) < 4.78 is 5.21. The van der Waals surface area contributed by atoms with Gasteiger partial charge in [-0.3, -0.25) is 0 Å².